The Morgan fingerprint density at radius 1 is 1.38 bits per heavy atom. The minimum atomic E-state index is -0.500. The maximum Gasteiger partial charge on any atom is 0.252 e. The summed E-state index contributed by atoms with van der Waals surface area (Å²) in [7, 11) is 0. The maximum atomic E-state index is 12.2. The summed E-state index contributed by atoms with van der Waals surface area (Å²) in [6.07, 6.45) is 0.846. The summed E-state index contributed by atoms with van der Waals surface area (Å²) in [6.45, 7) is 10.7. The fraction of sp³-hybridized carbons (Fsp3) is 0.600. The highest BCUT2D eigenvalue weighted by Gasteiger charge is 2.30. The molecule has 6 heteroatoms. The molecule has 4 N–H and O–H groups in total. The number of carbonyl (C=O) groups excluding carboxylic acids is 2. The molecule has 2 rings (SSSR count). The lowest BCUT2D eigenvalue weighted by molar-refractivity contribution is -0.913. The van der Waals surface area contributed by atoms with Crippen molar-refractivity contribution in [2.75, 3.05) is 18.4 Å². The molecule has 5 nitrogen and oxygen atoms in total. The molecule has 0 aromatic carbocycles. The quantitative estimate of drug-likeness (QED) is 0.772. The Labute approximate surface area is 129 Å². The van der Waals surface area contributed by atoms with Crippen LogP contribution in [0, 0.1) is 5.41 Å². The number of carbonyl (C=O) groups is 2. The van der Waals surface area contributed by atoms with Gasteiger partial charge in [-0.3, -0.25) is 9.59 Å². The summed E-state index contributed by atoms with van der Waals surface area (Å²) < 4.78 is 0. The zero-order chi connectivity index (χ0) is 15.8. The van der Waals surface area contributed by atoms with E-state index in [1.165, 1.54) is 21.1 Å². The van der Waals surface area contributed by atoms with Crippen molar-refractivity contribution in [3.8, 4) is 0 Å². The highest BCUT2D eigenvalue weighted by atomic mass is 32.1. The van der Waals surface area contributed by atoms with E-state index in [0.29, 0.717) is 10.6 Å². The zero-order valence-electron chi connectivity index (χ0n) is 13.1. The molecule has 0 spiro atoms. The molecule has 1 aliphatic rings. The van der Waals surface area contributed by atoms with Gasteiger partial charge in [-0.1, -0.05) is 20.8 Å². The second-order valence-electron chi connectivity index (χ2n) is 6.56. The Morgan fingerprint density at radius 2 is 2.05 bits per heavy atom. The van der Waals surface area contributed by atoms with Crippen LogP contribution >= 0.6 is 11.3 Å². The standard InChI is InChI=1S/C15H23N3O2S/c1-5-18-7-6-9-10(8-18)21-13(11(9)12(16)19)17-14(20)15(2,3)4/h5-8H2,1-4H3,(H2,16,19)(H,17,20)/p+1. The predicted molar refractivity (Wildman–Crippen MR) is 84.7 cm³/mol. The number of nitrogens with two attached hydrogens (primary N) is 1. The van der Waals surface area contributed by atoms with Crippen molar-refractivity contribution < 1.29 is 14.5 Å². The van der Waals surface area contributed by atoms with E-state index in [2.05, 4.69) is 12.2 Å². The molecule has 2 amide bonds. The van der Waals surface area contributed by atoms with E-state index in [0.717, 1.165) is 31.6 Å². The SMILES string of the molecule is CC[NH+]1CCc2c(sc(NC(=O)C(C)(C)C)c2C(N)=O)C1. The fourth-order valence-electron chi connectivity index (χ4n) is 2.48. The molecular weight excluding hydrogens is 286 g/mol. The van der Waals surface area contributed by atoms with Gasteiger partial charge in [-0.15, -0.1) is 11.3 Å². The minimum Gasteiger partial charge on any atom is -0.365 e. The number of likely N-dealkylation sites (N-methyl/N-ethyl adjacent to an activating group) is 1. The third-order valence-electron chi connectivity index (χ3n) is 3.88. The van der Waals surface area contributed by atoms with Gasteiger partial charge in [-0.05, 0) is 12.5 Å². The molecule has 0 aliphatic carbocycles. The van der Waals surface area contributed by atoms with E-state index in [9.17, 15) is 9.59 Å². The first-order chi connectivity index (χ1) is 9.74. The lowest BCUT2D eigenvalue weighted by atomic mass is 9.95. The number of hydrogen-bond acceptors (Lipinski definition) is 3. The number of amides is 2. The number of hydrogen-bond donors (Lipinski definition) is 3. The Balaban J connectivity index is 2.36. The molecule has 1 aromatic heterocycles. The number of primary amides is 1. The highest BCUT2D eigenvalue weighted by molar-refractivity contribution is 7.17. The van der Waals surface area contributed by atoms with Gasteiger partial charge in [-0.2, -0.15) is 0 Å². The van der Waals surface area contributed by atoms with Gasteiger partial charge in [0, 0.05) is 11.8 Å². The molecular formula is C15H24N3O2S+. The first-order valence-corrected chi connectivity index (χ1v) is 8.15. The van der Waals surface area contributed by atoms with E-state index in [4.69, 9.17) is 5.73 Å². The van der Waals surface area contributed by atoms with Crippen LogP contribution in [-0.2, 0) is 17.8 Å². The fourth-order valence-corrected chi connectivity index (χ4v) is 3.80. The smallest absolute Gasteiger partial charge is 0.252 e. The molecule has 0 bridgehead atoms. The Bertz CT molecular complexity index is 572. The first kappa shape index (κ1) is 16.0. The van der Waals surface area contributed by atoms with Gasteiger partial charge in [0.05, 0.1) is 23.5 Å². The van der Waals surface area contributed by atoms with E-state index in [1.807, 2.05) is 20.8 Å². The molecule has 21 heavy (non-hydrogen) atoms. The van der Waals surface area contributed by atoms with Crippen LogP contribution < -0.4 is 16.0 Å². The number of nitrogens with one attached hydrogen (secondary N) is 2. The Kier molecular flexibility index (Phi) is 4.39. The highest BCUT2D eigenvalue weighted by Crippen LogP contribution is 2.35. The molecule has 1 unspecified atom stereocenters. The average molecular weight is 310 g/mol. The van der Waals surface area contributed by atoms with E-state index in [-0.39, 0.29) is 5.91 Å². The Morgan fingerprint density at radius 3 is 2.57 bits per heavy atom. The molecule has 0 saturated carbocycles. The third kappa shape index (κ3) is 3.27. The molecule has 1 aromatic rings. The number of fused-ring (bicyclic) bond motifs is 1. The van der Waals surface area contributed by atoms with Crippen LogP contribution in [0.3, 0.4) is 0 Å². The van der Waals surface area contributed by atoms with Crippen LogP contribution in [0.1, 0.15) is 48.5 Å². The van der Waals surface area contributed by atoms with Gasteiger partial charge in [-0.25, -0.2) is 0 Å². The summed E-state index contributed by atoms with van der Waals surface area (Å²) in [5.41, 5.74) is 6.60. The summed E-state index contributed by atoms with van der Waals surface area (Å²) >= 11 is 1.50. The third-order valence-corrected chi connectivity index (χ3v) is 5.03. The van der Waals surface area contributed by atoms with Crippen LogP contribution in [-0.4, -0.2) is 24.9 Å². The van der Waals surface area contributed by atoms with E-state index in [1.54, 1.807) is 0 Å². The number of thiophene rings is 1. The largest absolute Gasteiger partial charge is 0.365 e. The normalized spacial score (nSPS) is 18.2. The lowest BCUT2D eigenvalue weighted by Crippen LogP contribution is -3.11. The number of rotatable bonds is 3. The summed E-state index contributed by atoms with van der Waals surface area (Å²) in [5.74, 6) is -0.542. The molecule has 0 saturated heterocycles. The molecule has 0 fully saturated rings. The second-order valence-corrected chi connectivity index (χ2v) is 7.66. The van der Waals surface area contributed by atoms with Crippen molar-refractivity contribution in [1.29, 1.82) is 0 Å². The van der Waals surface area contributed by atoms with Gasteiger partial charge in [0.25, 0.3) is 5.91 Å². The molecule has 2 heterocycles. The molecule has 116 valence electrons. The number of anilines is 1. The van der Waals surface area contributed by atoms with Crippen molar-refractivity contribution in [2.45, 2.75) is 40.7 Å². The van der Waals surface area contributed by atoms with E-state index >= 15 is 0 Å². The van der Waals surface area contributed by atoms with Crippen molar-refractivity contribution in [3.05, 3.63) is 16.0 Å². The predicted octanol–water partition coefficient (Wildman–Crippen LogP) is 0.793. The van der Waals surface area contributed by atoms with Crippen molar-refractivity contribution in [2.24, 2.45) is 11.1 Å². The summed E-state index contributed by atoms with van der Waals surface area (Å²) in [5, 5.41) is 3.51. The topological polar surface area (TPSA) is 76.6 Å². The van der Waals surface area contributed by atoms with Gasteiger partial charge < -0.3 is 16.0 Å². The lowest BCUT2D eigenvalue weighted by Gasteiger charge is -2.22. The van der Waals surface area contributed by atoms with Crippen molar-refractivity contribution >= 4 is 28.2 Å². The van der Waals surface area contributed by atoms with Gasteiger partial charge in [0.15, 0.2) is 0 Å². The first-order valence-electron chi connectivity index (χ1n) is 7.33. The maximum absolute atomic E-state index is 12.2. The van der Waals surface area contributed by atoms with Crippen LogP contribution in [0.25, 0.3) is 0 Å². The molecule has 0 radical (unpaired) electrons. The molecule has 1 atom stereocenters. The van der Waals surface area contributed by atoms with Crippen LogP contribution in [0.2, 0.25) is 0 Å². The molecule has 1 aliphatic heterocycles. The van der Waals surface area contributed by atoms with E-state index < -0.39 is 11.3 Å². The number of quaternary nitrogens is 1. The van der Waals surface area contributed by atoms with Gasteiger partial charge >= 0.3 is 0 Å². The monoisotopic (exact) mass is 310 g/mol. The van der Waals surface area contributed by atoms with Crippen LogP contribution in [0.15, 0.2) is 0 Å². The van der Waals surface area contributed by atoms with Gasteiger partial charge in [0.2, 0.25) is 5.91 Å². The van der Waals surface area contributed by atoms with Gasteiger partial charge in [0.1, 0.15) is 11.5 Å². The van der Waals surface area contributed by atoms with Crippen LogP contribution in [0.5, 0.6) is 0 Å². The summed E-state index contributed by atoms with van der Waals surface area (Å²) in [6, 6.07) is 0. The van der Waals surface area contributed by atoms with Crippen molar-refractivity contribution in [1.82, 2.24) is 0 Å². The van der Waals surface area contributed by atoms with Crippen molar-refractivity contribution in [3.63, 3.8) is 0 Å². The minimum absolute atomic E-state index is 0.0942. The summed E-state index contributed by atoms with van der Waals surface area (Å²) in [4.78, 5) is 26.7. The Hall–Kier alpha value is -1.40. The van der Waals surface area contributed by atoms with Crippen LogP contribution in [0.4, 0.5) is 5.00 Å². The average Bonchev–Trinajstić information content (AvgIpc) is 2.74. The zero-order valence-corrected chi connectivity index (χ0v) is 13.9. The second kappa shape index (κ2) is 5.77.